The lowest BCUT2D eigenvalue weighted by Crippen LogP contribution is -2.07. The van der Waals surface area contributed by atoms with Crippen LogP contribution in [0, 0.1) is 11.8 Å². The van der Waals surface area contributed by atoms with E-state index in [1.54, 1.807) is 19.9 Å². The number of hydrogen-bond acceptors (Lipinski definition) is 2. The summed E-state index contributed by atoms with van der Waals surface area (Å²) >= 11 is 0. The maximum absolute atomic E-state index is 14.5. The van der Waals surface area contributed by atoms with Crippen molar-refractivity contribution in [3.05, 3.63) is 121 Å². The van der Waals surface area contributed by atoms with E-state index >= 15 is 0 Å². The van der Waals surface area contributed by atoms with Crippen molar-refractivity contribution in [3.8, 4) is 0 Å². The molecule has 0 bridgehead atoms. The summed E-state index contributed by atoms with van der Waals surface area (Å²) < 4.78 is 61.5. The predicted octanol–water partition coefficient (Wildman–Crippen LogP) is 9.55. The van der Waals surface area contributed by atoms with Crippen LogP contribution in [-0.4, -0.2) is 12.2 Å². The molecule has 188 valence electrons. The Balaban J connectivity index is 0. The molecule has 0 aliphatic carbocycles. The molecule has 0 aromatic carbocycles. The lowest BCUT2D eigenvalue weighted by molar-refractivity contribution is 0.280. The number of methoxy groups -OCH3 is 1. The van der Waals surface area contributed by atoms with Gasteiger partial charge in [0.2, 0.25) is 0 Å². The van der Waals surface area contributed by atoms with E-state index in [4.69, 9.17) is 5.11 Å². The summed E-state index contributed by atoms with van der Waals surface area (Å²) in [5.41, 5.74) is -0.436. The molecule has 0 saturated heterocycles. The molecule has 0 rings (SSSR count). The van der Waals surface area contributed by atoms with Crippen molar-refractivity contribution in [1.29, 1.82) is 0 Å². The van der Waals surface area contributed by atoms with Crippen LogP contribution in [0.2, 0.25) is 0 Å². The van der Waals surface area contributed by atoms with Gasteiger partial charge in [-0.25, -0.2) is 13.2 Å². The second-order valence-corrected chi connectivity index (χ2v) is 7.55. The lowest BCUT2D eigenvalue weighted by Gasteiger charge is -2.19. The first-order chi connectivity index (χ1) is 15.7. The number of aliphatic hydroxyl groups excluding tert-OH is 1. The highest BCUT2D eigenvalue weighted by atomic mass is 19.2. The molecule has 0 amide bonds. The predicted molar refractivity (Wildman–Crippen MR) is 136 cm³/mol. The summed E-state index contributed by atoms with van der Waals surface area (Å²) in [5.74, 6) is -6.48. The Morgan fingerprint density at radius 3 is 1.53 bits per heavy atom. The van der Waals surface area contributed by atoms with Gasteiger partial charge < -0.3 is 9.84 Å². The minimum absolute atomic E-state index is 0.0511. The van der Waals surface area contributed by atoms with E-state index in [0.29, 0.717) is 12.8 Å². The zero-order chi connectivity index (χ0) is 27.2. The monoisotopic (exact) mass is 480 g/mol. The lowest BCUT2D eigenvalue weighted by atomic mass is 9.88. The molecule has 2 nitrogen and oxygen atoms in total. The molecule has 1 N–H and O–H groups in total. The minimum atomic E-state index is -1.23. The van der Waals surface area contributed by atoms with E-state index in [9.17, 15) is 17.6 Å². The van der Waals surface area contributed by atoms with Gasteiger partial charge in [0.1, 0.15) is 11.5 Å². The largest absolute Gasteiger partial charge is 0.509 e. The average molecular weight is 481 g/mol. The molecule has 0 aliphatic heterocycles. The van der Waals surface area contributed by atoms with Crippen molar-refractivity contribution >= 4 is 0 Å². The van der Waals surface area contributed by atoms with Gasteiger partial charge in [-0.2, -0.15) is 4.39 Å². The Morgan fingerprint density at radius 2 is 1.18 bits per heavy atom. The fraction of sp³-hybridized carbons (Fsp3) is 0.286. The second-order valence-electron chi connectivity index (χ2n) is 7.55. The van der Waals surface area contributed by atoms with Gasteiger partial charge in [0.05, 0.1) is 7.11 Å². The highest BCUT2D eigenvalue weighted by Gasteiger charge is 2.22. The average Bonchev–Trinajstić information content (AvgIpc) is 2.81. The number of allylic oxidation sites excluding steroid dienone is 11. The summed E-state index contributed by atoms with van der Waals surface area (Å²) in [4.78, 5) is 0. The van der Waals surface area contributed by atoms with Crippen molar-refractivity contribution in [3.63, 3.8) is 0 Å². The van der Waals surface area contributed by atoms with E-state index in [2.05, 4.69) is 50.8 Å². The summed E-state index contributed by atoms with van der Waals surface area (Å²) in [6.07, 6.45) is 4.81. The van der Waals surface area contributed by atoms with Crippen LogP contribution in [0.25, 0.3) is 0 Å². The van der Waals surface area contributed by atoms with Crippen LogP contribution in [0.15, 0.2) is 121 Å². The highest BCUT2D eigenvalue weighted by Crippen LogP contribution is 2.34. The standard InChI is InChI=1S/C25H30F4O2.C3H6/c1-14(10-11-15(2)20(7)24(28)25(29)21(8)31-9)18(5)22(26)23(27)19(6)16(3)12-13-17(4)30;1-3-2/h12-15,30H,3-8,10-11H2,1-2,9H3;3H,1H2,2H3/b13-12-,23-22-,25-24-;. The molecule has 0 radical (unpaired) electrons. The molecule has 2 unspecified atom stereocenters. The third-order valence-corrected chi connectivity index (χ3v) is 4.79. The van der Waals surface area contributed by atoms with Crippen LogP contribution in [0.1, 0.15) is 33.6 Å². The zero-order valence-electron chi connectivity index (χ0n) is 20.6. The van der Waals surface area contributed by atoms with E-state index in [1.165, 1.54) is 19.3 Å². The molecule has 0 aromatic heterocycles. The van der Waals surface area contributed by atoms with Crippen molar-refractivity contribution in [2.75, 3.05) is 7.11 Å². The number of halogens is 4. The number of rotatable bonds is 13. The molecule has 2 atom stereocenters. The first-order valence-electron chi connectivity index (χ1n) is 10.4. The molecule has 0 saturated carbocycles. The van der Waals surface area contributed by atoms with Crippen LogP contribution in [0.3, 0.4) is 0 Å². The van der Waals surface area contributed by atoms with Crippen molar-refractivity contribution in [2.45, 2.75) is 33.6 Å². The fourth-order valence-electron chi connectivity index (χ4n) is 2.35. The van der Waals surface area contributed by atoms with Gasteiger partial charge in [0.25, 0.3) is 0 Å². The van der Waals surface area contributed by atoms with Crippen LogP contribution in [-0.2, 0) is 4.74 Å². The summed E-state index contributed by atoms with van der Waals surface area (Å²) in [5, 5.41) is 9.03. The molecule has 34 heavy (non-hydrogen) atoms. The quantitative estimate of drug-likeness (QED) is 0.123. The van der Waals surface area contributed by atoms with Gasteiger partial charge in [-0.15, -0.1) is 6.58 Å². The van der Waals surface area contributed by atoms with E-state index in [-0.39, 0.29) is 28.1 Å². The molecule has 0 heterocycles. The van der Waals surface area contributed by atoms with Crippen molar-refractivity contribution in [1.82, 2.24) is 0 Å². The second kappa shape index (κ2) is 16.4. The maximum atomic E-state index is 14.5. The van der Waals surface area contributed by atoms with E-state index in [1.807, 2.05) is 6.92 Å². The molecule has 6 heteroatoms. The third kappa shape index (κ3) is 11.0. The number of hydrogen-bond donors (Lipinski definition) is 1. The van der Waals surface area contributed by atoms with Crippen molar-refractivity contribution < 1.29 is 27.4 Å². The molecular weight excluding hydrogens is 444 g/mol. The highest BCUT2D eigenvalue weighted by molar-refractivity contribution is 5.50. The van der Waals surface area contributed by atoms with Crippen LogP contribution in [0.5, 0.6) is 0 Å². The normalized spacial score (nSPS) is 13.9. The third-order valence-electron chi connectivity index (χ3n) is 4.79. The maximum Gasteiger partial charge on any atom is 0.200 e. The Kier molecular flexibility index (Phi) is 15.8. The first kappa shape index (κ1) is 32.9. The number of aliphatic hydroxyl groups is 1. The Hall–Kier alpha value is -3.28. The van der Waals surface area contributed by atoms with Crippen LogP contribution in [0.4, 0.5) is 17.6 Å². The zero-order valence-corrected chi connectivity index (χ0v) is 20.6. The first-order valence-corrected chi connectivity index (χ1v) is 10.4. The Bertz CT molecular complexity index is 917. The number of ether oxygens (including phenoxy) is 1. The smallest absolute Gasteiger partial charge is 0.200 e. The van der Waals surface area contributed by atoms with Gasteiger partial charge in [-0.05, 0) is 54.4 Å². The van der Waals surface area contributed by atoms with E-state index < -0.39 is 40.9 Å². The van der Waals surface area contributed by atoms with Gasteiger partial charge in [0, 0.05) is 5.57 Å². The summed E-state index contributed by atoms with van der Waals surface area (Å²) in [6.45, 7) is 29.2. The molecular formula is C28H36F4O2. The van der Waals surface area contributed by atoms with Gasteiger partial charge in [0.15, 0.2) is 23.3 Å². The van der Waals surface area contributed by atoms with E-state index in [0.717, 1.165) is 0 Å². The Morgan fingerprint density at radius 1 is 0.794 bits per heavy atom. The Labute approximate surface area is 201 Å². The molecule has 0 fully saturated rings. The summed E-state index contributed by atoms with van der Waals surface area (Å²) in [6, 6.07) is 0. The van der Waals surface area contributed by atoms with Crippen molar-refractivity contribution in [2.24, 2.45) is 11.8 Å². The molecule has 0 spiro atoms. The topological polar surface area (TPSA) is 29.5 Å². The molecule has 0 aromatic rings. The minimum Gasteiger partial charge on any atom is -0.509 e. The van der Waals surface area contributed by atoms with Crippen LogP contribution < -0.4 is 0 Å². The van der Waals surface area contributed by atoms with Gasteiger partial charge in [-0.3, -0.25) is 0 Å². The van der Waals surface area contributed by atoms with Gasteiger partial charge in [-0.1, -0.05) is 65.5 Å². The SMILES string of the molecule is C=C(O)/C=C\C(=C)C(=C)/C(F)=C(/F)C(=C)C(C)CCC(C)C(=C)/C(F)=C(/F)C(=C)OC.C=CC. The summed E-state index contributed by atoms with van der Waals surface area (Å²) in [7, 11) is 1.17. The van der Waals surface area contributed by atoms with Crippen LogP contribution >= 0.6 is 0 Å². The van der Waals surface area contributed by atoms with Gasteiger partial charge >= 0.3 is 0 Å². The molecule has 0 aliphatic rings. The fourth-order valence-corrected chi connectivity index (χ4v) is 2.35.